The largest absolute Gasteiger partial charge is 0.480 e. The van der Waals surface area contributed by atoms with Gasteiger partial charge in [0.15, 0.2) is 0 Å². The van der Waals surface area contributed by atoms with E-state index in [0.717, 1.165) is 185 Å². The smallest absolute Gasteiger partial charge is 0.408 e. The number of rotatable bonds is 41. The molecular formula is C101H118N4O16. The van der Waals surface area contributed by atoms with Crippen molar-refractivity contribution in [3.8, 4) is 44.5 Å². The summed E-state index contributed by atoms with van der Waals surface area (Å²) in [6.07, 6.45) is 21.3. The Morgan fingerprint density at radius 2 is 0.421 bits per heavy atom. The Morgan fingerprint density at radius 1 is 0.264 bits per heavy atom. The number of unbranched alkanes of at least 4 members (excludes halogenated alkanes) is 13. The summed E-state index contributed by atoms with van der Waals surface area (Å²) in [4.78, 5) is 97.0. The van der Waals surface area contributed by atoms with Gasteiger partial charge in [-0.05, 0) is 194 Å². The minimum atomic E-state index is -1.37. The highest BCUT2D eigenvalue weighted by Crippen LogP contribution is 2.49. The van der Waals surface area contributed by atoms with Crippen molar-refractivity contribution >= 4 is 48.3 Å². The molecule has 8 aromatic rings. The van der Waals surface area contributed by atoms with E-state index in [1.807, 2.05) is 127 Å². The van der Waals surface area contributed by atoms with Gasteiger partial charge in [0.05, 0.1) is 0 Å². The Bertz CT molecular complexity index is 4370. The fourth-order valence-corrected chi connectivity index (χ4v) is 16.3. The lowest BCUT2D eigenvalue weighted by Gasteiger charge is -2.26. The molecule has 0 spiro atoms. The van der Waals surface area contributed by atoms with Crippen LogP contribution < -0.4 is 21.3 Å². The predicted molar refractivity (Wildman–Crippen MR) is 475 cm³/mol. The fourth-order valence-electron chi connectivity index (χ4n) is 16.3. The zero-order valence-corrected chi connectivity index (χ0v) is 70.3. The second-order valence-electron chi connectivity index (χ2n) is 32.3. The van der Waals surface area contributed by atoms with Crippen molar-refractivity contribution in [2.75, 3.05) is 26.4 Å². The van der Waals surface area contributed by atoms with Crippen LogP contribution in [0.15, 0.2) is 245 Å². The number of carbonyl (C=O) groups is 8. The van der Waals surface area contributed by atoms with Crippen LogP contribution >= 0.6 is 0 Å². The summed E-state index contributed by atoms with van der Waals surface area (Å²) < 4.78 is 22.0. The quantitative estimate of drug-likeness (QED) is 0.0100. The molecule has 0 fully saturated rings. The molecule has 4 aliphatic carbocycles. The van der Waals surface area contributed by atoms with Crippen molar-refractivity contribution in [2.45, 2.75) is 208 Å². The van der Waals surface area contributed by atoms with Crippen molar-refractivity contribution < 1.29 is 77.7 Å². The minimum Gasteiger partial charge on any atom is -0.480 e. The number of ether oxygens (including phenoxy) is 4. The molecule has 0 unspecified atom stereocenters. The number of allylic oxidation sites excluding steroid dienone is 4. The number of carbonyl (C=O) groups excluding carboxylic acids is 4. The average Bonchev–Trinajstić information content (AvgIpc) is 1.63. The van der Waals surface area contributed by atoms with Crippen molar-refractivity contribution in [2.24, 2.45) is 0 Å². The van der Waals surface area contributed by atoms with Crippen molar-refractivity contribution in [1.29, 1.82) is 0 Å². The van der Waals surface area contributed by atoms with E-state index in [1.165, 1.54) is 6.92 Å². The van der Waals surface area contributed by atoms with Crippen LogP contribution in [0, 0.1) is 0 Å². The summed E-state index contributed by atoms with van der Waals surface area (Å²) in [6.45, 7) is 21.5. The summed E-state index contributed by atoms with van der Waals surface area (Å²) in [5.41, 5.74) is 12.8. The predicted octanol–water partition coefficient (Wildman–Crippen LogP) is 22.4. The van der Waals surface area contributed by atoms with E-state index < -0.39 is 70.4 Å². The molecule has 0 aromatic heterocycles. The number of carboxylic acids is 4. The molecule has 121 heavy (non-hydrogen) atoms. The first kappa shape index (κ1) is 92.6. The Hall–Kier alpha value is -12.3. The number of aliphatic carboxylic acids is 4. The first-order chi connectivity index (χ1) is 58.3. The van der Waals surface area contributed by atoms with E-state index in [0.29, 0.717) is 38.5 Å². The molecule has 0 heterocycles. The van der Waals surface area contributed by atoms with Gasteiger partial charge in [-0.15, -0.1) is 26.3 Å². The normalized spacial score (nSPS) is 14.3. The molecule has 12 rings (SSSR count). The Kier molecular flexibility index (Phi) is 34.6. The summed E-state index contributed by atoms with van der Waals surface area (Å²) in [7, 11) is 0. The summed E-state index contributed by atoms with van der Waals surface area (Å²) in [5.74, 6) is -4.45. The zero-order valence-electron chi connectivity index (χ0n) is 70.3. The summed E-state index contributed by atoms with van der Waals surface area (Å²) in [5, 5.41) is 48.9. The molecule has 4 atom stereocenters. The number of hydrogen-bond donors (Lipinski definition) is 8. The van der Waals surface area contributed by atoms with Gasteiger partial charge < -0.3 is 60.6 Å². The van der Waals surface area contributed by atoms with Gasteiger partial charge in [-0.25, -0.2) is 38.4 Å². The first-order valence-corrected chi connectivity index (χ1v) is 42.2. The van der Waals surface area contributed by atoms with Crippen LogP contribution in [0.2, 0.25) is 0 Å². The lowest BCUT2D eigenvalue weighted by Crippen LogP contribution is -2.52. The number of carboxylic acid groups (broad SMARTS) is 4. The second kappa shape index (κ2) is 45.2. The van der Waals surface area contributed by atoms with E-state index >= 15 is 0 Å². The van der Waals surface area contributed by atoms with Crippen molar-refractivity contribution in [1.82, 2.24) is 21.3 Å². The Balaban J connectivity index is 0.000000184. The zero-order chi connectivity index (χ0) is 87.0. The van der Waals surface area contributed by atoms with Crippen LogP contribution in [0.3, 0.4) is 0 Å². The van der Waals surface area contributed by atoms with Gasteiger partial charge in [0.2, 0.25) is 0 Å². The summed E-state index contributed by atoms with van der Waals surface area (Å²) >= 11 is 0. The van der Waals surface area contributed by atoms with E-state index in [1.54, 1.807) is 26.8 Å². The molecule has 638 valence electrons. The molecule has 8 N–H and O–H groups in total. The molecule has 0 radical (unpaired) electrons. The van der Waals surface area contributed by atoms with E-state index in [2.05, 4.69) is 133 Å². The van der Waals surface area contributed by atoms with Crippen LogP contribution in [0.1, 0.15) is 231 Å². The highest BCUT2D eigenvalue weighted by atomic mass is 16.6. The molecule has 0 bridgehead atoms. The molecule has 20 heteroatoms. The maximum absolute atomic E-state index is 12.5. The molecule has 0 saturated heterocycles. The van der Waals surface area contributed by atoms with Gasteiger partial charge >= 0.3 is 48.3 Å². The number of nitrogens with one attached hydrogen (secondary N) is 4. The molecule has 8 aromatic carbocycles. The number of amides is 4. The fraction of sp³-hybridized carbons (Fsp3) is 0.366. The monoisotopic (exact) mass is 1640 g/mol. The maximum Gasteiger partial charge on any atom is 0.408 e. The second-order valence-corrected chi connectivity index (χ2v) is 32.3. The van der Waals surface area contributed by atoms with Crippen molar-refractivity contribution in [3.63, 3.8) is 0 Å². The average molecular weight is 1640 g/mol. The highest BCUT2D eigenvalue weighted by molar-refractivity contribution is 5.88. The van der Waals surface area contributed by atoms with E-state index in [-0.39, 0.29) is 50.1 Å². The highest BCUT2D eigenvalue weighted by Gasteiger charge is 2.41. The third kappa shape index (κ3) is 24.7. The minimum absolute atomic E-state index is 0.0564. The molecule has 0 aliphatic heterocycles. The van der Waals surface area contributed by atoms with Gasteiger partial charge in [-0.2, -0.15) is 0 Å². The van der Waals surface area contributed by atoms with Crippen molar-refractivity contribution in [3.05, 3.63) is 289 Å². The SMILES string of the molecule is C=CCCCCCC[C@@](C)(NC(=O)OCC1c2ccccc2-c2ccccc21)C(=O)O.C=CCCCCCC[C@](C)(NC(=O)OCC1c2ccccc2-c2ccccc21)C(=O)O.C=CCCCCCC[C@](C)(NC(=O)OCC1c2ccccc2-c2ccccc21)C(=O)O.C=CCCC[C@@](C)(NC(=O)OCC1c2ccccc2-c2ccccc21)C(=O)O. The van der Waals surface area contributed by atoms with Gasteiger partial charge in [0.1, 0.15) is 48.6 Å². The van der Waals surface area contributed by atoms with Crippen LogP contribution in [-0.4, -0.2) is 117 Å². The van der Waals surface area contributed by atoms with Gasteiger partial charge in [0.25, 0.3) is 0 Å². The van der Waals surface area contributed by atoms with Gasteiger partial charge in [-0.3, -0.25) is 0 Å². The van der Waals surface area contributed by atoms with Crippen LogP contribution in [-0.2, 0) is 38.1 Å². The topological polar surface area (TPSA) is 303 Å². The van der Waals surface area contributed by atoms with Gasteiger partial charge in [0, 0.05) is 23.7 Å². The van der Waals surface area contributed by atoms with Crippen LogP contribution in [0.4, 0.5) is 19.2 Å². The third-order valence-electron chi connectivity index (χ3n) is 23.4. The Morgan fingerprint density at radius 3 is 0.595 bits per heavy atom. The molecule has 0 saturated carbocycles. The third-order valence-corrected chi connectivity index (χ3v) is 23.4. The molecule has 4 amide bonds. The lowest BCUT2D eigenvalue weighted by molar-refractivity contribution is -0.145. The van der Waals surface area contributed by atoms with Gasteiger partial charge in [-0.1, -0.05) is 276 Å². The molecular weight excluding hydrogens is 1530 g/mol. The van der Waals surface area contributed by atoms with E-state index in [9.17, 15) is 58.8 Å². The number of hydrogen-bond acceptors (Lipinski definition) is 12. The standard InChI is InChI=1S/3C26H31NO4.C23H25NO4/c3*1-3-4-5-6-7-12-17-26(2,24(28)29)27-25(30)31-18-23-21-15-10-8-13-19(21)20-14-9-11-16-22(20)23;1-3-4-9-14-23(2,21(25)26)24-22(27)28-15-20-18-12-7-5-10-16(18)17-11-6-8-13-19(17)20/h3*3,8-11,13-16,23H,1,4-7,12,17-18H2,2H3,(H,27,30)(H,28,29);3,5-8,10-13,20H,1,4,9,14-15H2,2H3,(H,24,27)(H,25,26)/t3*26-;23-/m1001/s1. The summed E-state index contributed by atoms with van der Waals surface area (Å²) in [6, 6.07) is 64.8. The Labute approximate surface area is 712 Å². The van der Waals surface area contributed by atoms with Crippen LogP contribution in [0.5, 0.6) is 0 Å². The first-order valence-electron chi connectivity index (χ1n) is 42.2. The molecule has 20 nitrogen and oxygen atoms in total. The molecule has 4 aliphatic rings. The number of fused-ring (bicyclic) bond motifs is 12. The lowest BCUT2D eigenvalue weighted by atomic mass is 9.94. The number of benzene rings is 8. The van der Waals surface area contributed by atoms with E-state index in [4.69, 9.17) is 18.9 Å². The number of alkyl carbamates (subject to hydrolysis) is 4. The van der Waals surface area contributed by atoms with Crippen LogP contribution in [0.25, 0.3) is 44.5 Å². The maximum atomic E-state index is 12.5.